The zero-order valence-corrected chi connectivity index (χ0v) is 14.1. The third-order valence-electron chi connectivity index (χ3n) is 3.78. The molecule has 23 heavy (non-hydrogen) atoms. The fraction of sp³-hybridized carbons (Fsp3) is 0.250. The lowest BCUT2D eigenvalue weighted by Gasteiger charge is -2.14. The van der Waals surface area contributed by atoms with Crippen molar-refractivity contribution in [3.63, 3.8) is 0 Å². The van der Waals surface area contributed by atoms with Gasteiger partial charge < -0.3 is 10.2 Å². The Labute approximate surface area is 138 Å². The maximum Gasteiger partial charge on any atom is 0.279 e. The van der Waals surface area contributed by atoms with Crippen molar-refractivity contribution in [2.45, 2.75) is 13.8 Å². The lowest BCUT2D eigenvalue weighted by molar-refractivity contribution is -0.864. The normalized spacial score (nSPS) is 12.3. The summed E-state index contributed by atoms with van der Waals surface area (Å²) in [5.41, 5.74) is 4.31. The molecule has 3 nitrogen and oxygen atoms in total. The number of carbonyl (C=O) groups is 1. The maximum atomic E-state index is 12.2. The molecule has 0 spiro atoms. The summed E-state index contributed by atoms with van der Waals surface area (Å²) in [5.74, 6) is 0.0491. The first kappa shape index (κ1) is 17.0. The molecule has 0 bridgehead atoms. The van der Waals surface area contributed by atoms with Gasteiger partial charge >= 0.3 is 0 Å². The molecule has 2 rings (SSSR count). The summed E-state index contributed by atoms with van der Waals surface area (Å²) in [6.07, 6.45) is 4.20. The Morgan fingerprint density at radius 1 is 1.04 bits per heavy atom. The van der Waals surface area contributed by atoms with Crippen molar-refractivity contribution in [1.82, 2.24) is 0 Å². The fourth-order valence-corrected chi connectivity index (χ4v) is 2.50. The smallest absolute Gasteiger partial charge is 0.279 e. The lowest BCUT2D eigenvalue weighted by Crippen LogP contribution is -3.09. The molecule has 120 valence electrons. The van der Waals surface area contributed by atoms with Crippen LogP contribution in [0.25, 0.3) is 6.08 Å². The highest BCUT2D eigenvalue weighted by Gasteiger charge is 2.11. The fourth-order valence-electron chi connectivity index (χ4n) is 2.50. The van der Waals surface area contributed by atoms with Crippen LogP contribution in [0.5, 0.6) is 0 Å². The first-order valence-corrected chi connectivity index (χ1v) is 7.95. The van der Waals surface area contributed by atoms with Gasteiger partial charge in [-0.05, 0) is 36.6 Å². The summed E-state index contributed by atoms with van der Waals surface area (Å²) >= 11 is 0. The van der Waals surface area contributed by atoms with Crippen molar-refractivity contribution < 1.29 is 9.69 Å². The van der Waals surface area contributed by atoms with E-state index in [1.807, 2.05) is 57.3 Å². The number of quaternary nitrogens is 1. The molecule has 0 saturated heterocycles. The summed E-state index contributed by atoms with van der Waals surface area (Å²) in [4.78, 5) is 13.4. The largest absolute Gasteiger partial charge is 0.326 e. The molecule has 1 unspecified atom stereocenters. The molecular formula is C20H25N2O+. The van der Waals surface area contributed by atoms with Crippen LogP contribution in [0.1, 0.15) is 16.7 Å². The van der Waals surface area contributed by atoms with Gasteiger partial charge in [-0.1, -0.05) is 54.6 Å². The first-order chi connectivity index (χ1) is 11.1. The number of hydrogen-bond donors (Lipinski definition) is 2. The van der Waals surface area contributed by atoms with Gasteiger partial charge in [0, 0.05) is 5.69 Å². The highest BCUT2D eigenvalue weighted by Crippen LogP contribution is 2.18. The van der Waals surface area contributed by atoms with Gasteiger partial charge in [0.25, 0.3) is 5.91 Å². The van der Waals surface area contributed by atoms with Gasteiger partial charge in [-0.2, -0.15) is 0 Å². The second-order valence-corrected chi connectivity index (χ2v) is 5.97. The second kappa shape index (κ2) is 8.30. The minimum atomic E-state index is 0.0491. The minimum absolute atomic E-state index is 0.0491. The number of carbonyl (C=O) groups excluding carboxylic acids is 1. The molecule has 0 aromatic heterocycles. The molecule has 1 atom stereocenters. The topological polar surface area (TPSA) is 33.5 Å². The van der Waals surface area contributed by atoms with Gasteiger partial charge in [-0.15, -0.1) is 0 Å². The van der Waals surface area contributed by atoms with Crippen LogP contribution in [0.3, 0.4) is 0 Å². The number of amides is 1. The van der Waals surface area contributed by atoms with E-state index in [0.29, 0.717) is 6.54 Å². The number of hydrogen-bond acceptors (Lipinski definition) is 1. The van der Waals surface area contributed by atoms with E-state index in [4.69, 9.17) is 0 Å². The van der Waals surface area contributed by atoms with Gasteiger partial charge in [0.05, 0.1) is 13.6 Å². The van der Waals surface area contributed by atoms with Crippen LogP contribution < -0.4 is 10.2 Å². The van der Waals surface area contributed by atoms with Gasteiger partial charge in [-0.3, -0.25) is 4.79 Å². The zero-order chi connectivity index (χ0) is 16.7. The number of para-hydroxylation sites is 1. The van der Waals surface area contributed by atoms with E-state index < -0.39 is 0 Å². The van der Waals surface area contributed by atoms with Crippen LogP contribution in [-0.4, -0.2) is 26.0 Å². The number of rotatable bonds is 6. The van der Waals surface area contributed by atoms with Gasteiger partial charge in [-0.25, -0.2) is 0 Å². The van der Waals surface area contributed by atoms with Crippen molar-refractivity contribution in [3.8, 4) is 0 Å². The molecule has 1 amide bonds. The lowest BCUT2D eigenvalue weighted by atomic mass is 10.1. The highest BCUT2D eigenvalue weighted by molar-refractivity contribution is 5.93. The summed E-state index contributed by atoms with van der Waals surface area (Å²) < 4.78 is 0. The van der Waals surface area contributed by atoms with Gasteiger partial charge in [0.2, 0.25) is 0 Å². The molecule has 0 heterocycles. The Balaban J connectivity index is 1.84. The van der Waals surface area contributed by atoms with E-state index in [1.165, 1.54) is 5.56 Å². The van der Waals surface area contributed by atoms with Crippen LogP contribution in [0.2, 0.25) is 0 Å². The second-order valence-electron chi connectivity index (χ2n) is 5.97. The Kier molecular flexibility index (Phi) is 6.12. The van der Waals surface area contributed by atoms with Crippen LogP contribution in [-0.2, 0) is 4.79 Å². The standard InChI is InChI=1S/C20H24N2O/c1-16-9-7-10-17(2)20(16)21-19(23)15-22(3)14-8-13-18-11-5-4-6-12-18/h4-13H,14-15H2,1-3H3,(H,21,23)/p+1/b13-8+. The van der Waals surface area contributed by atoms with Crippen LogP contribution >= 0.6 is 0 Å². The quantitative estimate of drug-likeness (QED) is 0.844. The van der Waals surface area contributed by atoms with Crippen molar-refractivity contribution in [1.29, 1.82) is 0 Å². The predicted molar refractivity (Wildman–Crippen MR) is 96.6 cm³/mol. The van der Waals surface area contributed by atoms with E-state index in [-0.39, 0.29) is 5.91 Å². The van der Waals surface area contributed by atoms with Crippen LogP contribution in [0.4, 0.5) is 5.69 Å². The van der Waals surface area contributed by atoms with Crippen LogP contribution in [0, 0.1) is 13.8 Å². The summed E-state index contributed by atoms with van der Waals surface area (Å²) in [5, 5.41) is 3.03. The number of anilines is 1. The average molecular weight is 309 g/mol. The highest BCUT2D eigenvalue weighted by atomic mass is 16.2. The molecule has 0 fully saturated rings. The van der Waals surface area contributed by atoms with E-state index in [0.717, 1.165) is 28.3 Å². The molecule has 2 aromatic carbocycles. The van der Waals surface area contributed by atoms with Crippen molar-refractivity contribution in [3.05, 3.63) is 71.3 Å². The maximum absolute atomic E-state index is 12.2. The molecule has 2 N–H and O–H groups in total. The number of likely N-dealkylation sites (N-methyl/N-ethyl adjacent to an activating group) is 1. The Hall–Kier alpha value is -2.39. The van der Waals surface area contributed by atoms with E-state index in [2.05, 4.69) is 29.6 Å². The number of aryl methyl sites for hydroxylation is 2. The molecule has 0 aliphatic rings. The number of nitrogens with one attached hydrogen (secondary N) is 2. The summed E-state index contributed by atoms with van der Waals surface area (Å²) in [6.45, 7) is 5.30. The monoisotopic (exact) mass is 309 g/mol. The van der Waals surface area contributed by atoms with Crippen LogP contribution in [0.15, 0.2) is 54.6 Å². The molecule has 2 aromatic rings. The first-order valence-electron chi connectivity index (χ1n) is 7.95. The molecule has 0 aliphatic carbocycles. The zero-order valence-electron chi connectivity index (χ0n) is 14.1. The van der Waals surface area contributed by atoms with Crippen molar-refractivity contribution in [2.75, 3.05) is 25.5 Å². The Morgan fingerprint density at radius 3 is 2.35 bits per heavy atom. The summed E-state index contributed by atoms with van der Waals surface area (Å²) in [6, 6.07) is 16.2. The molecule has 0 radical (unpaired) electrons. The minimum Gasteiger partial charge on any atom is -0.326 e. The molecule has 3 heteroatoms. The van der Waals surface area contributed by atoms with Gasteiger partial charge in [0.15, 0.2) is 6.54 Å². The van der Waals surface area contributed by atoms with E-state index in [1.54, 1.807) is 0 Å². The van der Waals surface area contributed by atoms with Gasteiger partial charge in [0.1, 0.15) is 0 Å². The predicted octanol–water partition coefficient (Wildman–Crippen LogP) is 2.47. The van der Waals surface area contributed by atoms with E-state index in [9.17, 15) is 4.79 Å². The molecule has 0 aliphatic heterocycles. The Morgan fingerprint density at radius 2 is 1.70 bits per heavy atom. The summed E-state index contributed by atoms with van der Waals surface area (Å²) in [7, 11) is 2.03. The third kappa shape index (κ3) is 5.38. The van der Waals surface area contributed by atoms with Crippen molar-refractivity contribution >= 4 is 17.7 Å². The average Bonchev–Trinajstić information content (AvgIpc) is 2.52. The van der Waals surface area contributed by atoms with Crippen molar-refractivity contribution in [2.24, 2.45) is 0 Å². The molecule has 0 saturated carbocycles. The SMILES string of the molecule is Cc1cccc(C)c1NC(=O)C[NH+](C)C/C=C/c1ccccc1. The van der Waals surface area contributed by atoms with E-state index >= 15 is 0 Å². The Bertz CT molecular complexity index is 657. The number of benzene rings is 2. The third-order valence-corrected chi connectivity index (χ3v) is 3.78. The molecular weight excluding hydrogens is 284 g/mol.